The van der Waals surface area contributed by atoms with Crippen LogP contribution >= 0.6 is 0 Å². The number of benzene rings is 1. The van der Waals surface area contributed by atoms with Crippen LogP contribution < -0.4 is 5.32 Å². The first kappa shape index (κ1) is 18.9. The summed E-state index contributed by atoms with van der Waals surface area (Å²) in [7, 11) is 0. The van der Waals surface area contributed by atoms with Crippen molar-refractivity contribution < 1.29 is 22.8 Å². The van der Waals surface area contributed by atoms with Crippen LogP contribution in [-0.2, 0) is 17.5 Å². The van der Waals surface area contributed by atoms with Crippen LogP contribution in [0.5, 0.6) is 0 Å². The number of alkyl halides is 3. The van der Waals surface area contributed by atoms with Gasteiger partial charge in [-0.2, -0.15) is 13.2 Å². The Morgan fingerprint density at radius 3 is 2.70 bits per heavy atom. The van der Waals surface area contributed by atoms with Crippen LogP contribution in [-0.4, -0.2) is 34.3 Å². The van der Waals surface area contributed by atoms with Crippen LogP contribution in [0.2, 0.25) is 0 Å². The minimum Gasteiger partial charge on any atom is -0.347 e. The van der Waals surface area contributed by atoms with E-state index in [9.17, 15) is 22.8 Å². The van der Waals surface area contributed by atoms with Gasteiger partial charge in [0.05, 0.1) is 17.2 Å². The van der Waals surface area contributed by atoms with Crippen molar-refractivity contribution >= 4 is 11.8 Å². The van der Waals surface area contributed by atoms with E-state index in [1.807, 2.05) is 0 Å². The molecular formula is C19H18F3N3O2. The molecule has 1 fully saturated rings. The number of amides is 2. The SMILES string of the molecule is Cc1ncccc1C(=O)N[C@H]1CC(=O)N(Cc2ccccc2C(F)(F)F)C1. The van der Waals surface area contributed by atoms with Crippen molar-refractivity contribution in [3.05, 3.63) is 65.0 Å². The molecule has 27 heavy (non-hydrogen) atoms. The van der Waals surface area contributed by atoms with Crippen molar-refractivity contribution in [1.82, 2.24) is 15.2 Å². The van der Waals surface area contributed by atoms with E-state index in [0.29, 0.717) is 11.3 Å². The normalized spacial score (nSPS) is 17.3. The van der Waals surface area contributed by atoms with Gasteiger partial charge in [-0.05, 0) is 30.7 Å². The number of carbonyl (C=O) groups is 2. The zero-order valence-electron chi connectivity index (χ0n) is 14.6. The van der Waals surface area contributed by atoms with Gasteiger partial charge >= 0.3 is 6.18 Å². The molecule has 1 aliphatic rings. The lowest BCUT2D eigenvalue weighted by Crippen LogP contribution is -2.37. The fourth-order valence-corrected chi connectivity index (χ4v) is 3.15. The second-order valence-corrected chi connectivity index (χ2v) is 6.44. The predicted octanol–water partition coefficient (Wildman–Crippen LogP) is 2.94. The van der Waals surface area contributed by atoms with Gasteiger partial charge in [0.15, 0.2) is 0 Å². The average molecular weight is 377 g/mol. The zero-order chi connectivity index (χ0) is 19.6. The lowest BCUT2D eigenvalue weighted by molar-refractivity contribution is -0.139. The van der Waals surface area contributed by atoms with Crippen LogP contribution in [0.4, 0.5) is 13.2 Å². The van der Waals surface area contributed by atoms with Crippen molar-refractivity contribution in [1.29, 1.82) is 0 Å². The average Bonchev–Trinajstić information content (AvgIpc) is 2.94. The molecule has 0 bridgehead atoms. The smallest absolute Gasteiger partial charge is 0.347 e. The van der Waals surface area contributed by atoms with E-state index >= 15 is 0 Å². The summed E-state index contributed by atoms with van der Waals surface area (Å²) in [5, 5.41) is 2.76. The molecule has 2 heterocycles. The molecular weight excluding hydrogens is 359 g/mol. The van der Waals surface area contributed by atoms with Crippen LogP contribution in [0.3, 0.4) is 0 Å². The second-order valence-electron chi connectivity index (χ2n) is 6.44. The Labute approximate surface area is 154 Å². The highest BCUT2D eigenvalue weighted by Gasteiger charge is 2.36. The second kappa shape index (κ2) is 7.38. The van der Waals surface area contributed by atoms with Gasteiger partial charge in [-0.1, -0.05) is 18.2 Å². The van der Waals surface area contributed by atoms with Gasteiger partial charge in [-0.25, -0.2) is 0 Å². The van der Waals surface area contributed by atoms with E-state index in [1.54, 1.807) is 25.3 Å². The Bertz CT molecular complexity index is 867. The summed E-state index contributed by atoms with van der Waals surface area (Å²) in [6, 6.07) is 8.00. The summed E-state index contributed by atoms with van der Waals surface area (Å²) < 4.78 is 39.4. The number of hydrogen-bond donors (Lipinski definition) is 1. The predicted molar refractivity (Wildman–Crippen MR) is 91.7 cm³/mol. The monoisotopic (exact) mass is 377 g/mol. The van der Waals surface area contributed by atoms with Gasteiger partial charge in [-0.15, -0.1) is 0 Å². The Morgan fingerprint density at radius 1 is 1.26 bits per heavy atom. The van der Waals surface area contributed by atoms with Gasteiger partial charge in [0.1, 0.15) is 0 Å². The van der Waals surface area contributed by atoms with E-state index in [0.717, 1.165) is 6.07 Å². The first-order chi connectivity index (χ1) is 12.8. The molecule has 0 aliphatic carbocycles. The van der Waals surface area contributed by atoms with Crippen LogP contribution in [0.1, 0.15) is 33.6 Å². The highest BCUT2D eigenvalue weighted by atomic mass is 19.4. The van der Waals surface area contributed by atoms with Crippen LogP contribution in [0.25, 0.3) is 0 Å². The largest absolute Gasteiger partial charge is 0.416 e. The fourth-order valence-electron chi connectivity index (χ4n) is 3.15. The molecule has 1 aromatic heterocycles. The minimum atomic E-state index is -4.48. The molecule has 1 N–H and O–H groups in total. The highest BCUT2D eigenvalue weighted by Crippen LogP contribution is 2.32. The molecule has 2 aromatic rings. The van der Waals surface area contributed by atoms with E-state index in [1.165, 1.54) is 23.1 Å². The molecule has 3 rings (SSSR count). The number of likely N-dealkylation sites (tertiary alicyclic amines) is 1. The molecule has 1 aliphatic heterocycles. The van der Waals surface area contributed by atoms with Gasteiger partial charge in [0.25, 0.3) is 5.91 Å². The Morgan fingerprint density at radius 2 is 2.00 bits per heavy atom. The van der Waals surface area contributed by atoms with E-state index in [2.05, 4.69) is 10.3 Å². The third-order valence-corrected chi connectivity index (χ3v) is 4.49. The number of aryl methyl sites for hydroxylation is 1. The van der Waals surface area contributed by atoms with Gasteiger partial charge in [0.2, 0.25) is 5.91 Å². The summed E-state index contributed by atoms with van der Waals surface area (Å²) >= 11 is 0. The third kappa shape index (κ3) is 4.27. The minimum absolute atomic E-state index is 0.0356. The summed E-state index contributed by atoms with van der Waals surface area (Å²) in [5.74, 6) is -0.642. The van der Waals surface area contributed by atoms with Crippen molar-refractivity contribution in [2.45, 2.75) is 32.1 Å². The maximum Gasteiger partial charge on any atom is 0.416 e. The zero-order valence-corrected chi connectivity index (χ0v) is 14.6. The van der Waals surface area contributed by atoms with Crippen LogP contribution in [0.15, 0.2) is 42.6 Å². The third-order valence-electron chi connectivity index (χ3n) is 4.49. The van der Waals surface area contributed by atoms with Crippen molar-refractivity contribution in [3.8, 4) is 0 Å². The van der Waals surface area contributed by atoms with Gasteiger partial charge in [0, 0.05) is 31.4 Å². The number of halogens is 3. The Balaban J connectivity index is 1.68. The molecule has 1 saturated heterocycles. The number of nitrogens with one attached hydrogen (secondary N) is 1. The molecule has 0 unspecified atom stereocenters. The number of hydrogen-bond acceptors (Lipinski definition) is 3. The van der Waals surface area contributed by atoms with E-state index in [4.69, 9.17) is 0 Å². The maximum absolute atomic E-state index is 13.1. The molecule has 5 nitrogen and oxygen atoms in total. The van der Waals surface area contributed by atoms with Crippen LogP contribution in [0, 0.1) is 6.92 Å². The Hall–Kier alpha value is -2.90. The summed E-state index contributed by atoms with van der Waals surface area (Å²) in [6.45, 7) is 1.72. The molecule has 1 aromatic carbocycles. The molecule has 2 amide bonds. The maximum atomic E-state index is 13.1. The van der Waals surface area contributed by atoms with E-state index < -0.39 is 17.8 Å². The first-order valence-corrected chi connectivity index (χ1v) is 8.41. The summed E-state index contributed by atoms with van der Waals surface area (Å²) in [5.41, 5.74) is 0.255. The van der Waals surface area contributed by atoms with Gasteiger partial charge in [-0.3, -0.25) is 14.6 Å². The number of aromatic nitrogens is 1. The quantitative estimate of drug-likeness (QED) is 0.891. The van der Waals surface area contributed by atoms with Gasteiger partial charge < -0.3 is 10.2 Å². The standard InChI is InChI=1S/C19H18F3N3O2/c1-12-15(6-4-8-23-12)18(27)24-14-9-17(26)25(11-14)10-13-5-2-3-7-16(13)19(20,21)22/h2-8,14H,9-11H2,1H3,(H,24,27)/t14-/m0/s1. The number of pyridine rings is 1. The number of rotatable bonds is 4. The fraction of sp³-hybridized carbons (Fsp3) is 0.316. The number of carbonyl (C=O) groups excluding carboxylic acids is 2. The van der Waals surface area contributed by atoms with Crippen molar-refractivity contribution in [2.75, 3.05) is 6.54 Å². The van der Waals surface area contributed by atoms with Crippen molar-refractivity contribution in [3.63, 3.8) is 0 Å². The highest BCUT2D eigenvalue weighted by molar-refractivity contribution is 5.96. The number of nitrogens with zero attached hydrogens (tertiary/aromatic N) is 2. The molecule has 142 valence electrons. The molecule has 8 heteroatoms. The topological polar surface area (TPSA) is 62.3 Å². The molecule has 0 spiro atoms. The molecule has 1 atom stereocenters. The lowest BCUT2D eigenvalue weighted by Gasteiger charge is -2.20. The Kier molecular flexibility index (Phi) is 5.16. The molecule has 0 saturated carbocycles. The summed E-state index contributed by atoms with van der Waals surface area (Å²) in [6.07, 6.45) is -2.85. The van der Waals surface area contributed by atoms with Crippen molar-refractivity contribution in [2.24, 2.45) is 0 Å². The first-order valence-electron chi connectivity index (χ1n) is 8.41. The summed E-state index contributed by atoms with van der Waals surface area (Å²) in [4.78, 5) is 30.0. The molecule has 0 radical (unpaired) electrons. The lowest BCUT2D eigenvalue weighted by atomic mass is 10.1. The van der Waals surface area contributed by atoms with E-state index in [-0.39, 0.29) is 36.9 Å².